The molecule has 1 saturated heterocycles. The fraction of sp³-hybridized carbons (Fsp3) is 0.818. The van der Waals surface area contributed by atoms with Crippen molar-refractivity contribution in [1.82, 2.24) is 20.4 Å². The number of piperazine rings is 1. The first-order valence-electron chi connectivity index (χ1n) is 6.05. The van der Waals surface area contributed by atoms with Crippen LogP contribution in [0.25, 0.3) is 0 Å². The second-order valence-corrected chi connectivity index (χ2v) is 4.44. The Morgan fingerprint density at radius 2 is 2.44 bits per heavy atom. The molecule has 1 aliphatic rings. The van der Waals surface area contributed by atoms with E-state index in [0.29, 0.717) is 6.04 Å². The Labute approximate surface area is 96.2 Å². The minimum absolute atomic E-state index is 0.552. The zero-order chi connectivity index (χ0) is 11.4. The number of rotatable bonds is 4. The molecule has 0 aliphatic carbocycles. The quantitative estimate of drug-likeness (QED) is 0.820. The van der Waals surface area contributed by atoms with E-state index in [-0.39, 0.29) is 0 Å². The van der Waals surface area contributed by atoms with Gasteiger partial charge in [0, 0.05) is 32.1 Å². The van der Waals surface area contributed by atoms with Gasteiger partial charge in [0.2, 0.25) is 5.89 Å². The molecule has 2 rings (SSSR count). The van der Waals surface area contributed by atoms with Crippen LogP contribution in [0.1, 0.15) is 32.0 Å². The normalized spacial score (nSPS) is 22.5. The van der Waals surface area contributed by atoms with E-state index in [4.69, 9.17) is 4.52 Å². The van der Waals surface area contributed by atoms with Gasteiger partial charge in [-0.3, -0.25) is 4.90 Å². The highest BCUT2D eigenvalue weighted by atomic mass is 16.5. The van der Waals surface area contributed by atoms with Gasteiger partial charge in [-0.2, -0.15) is 4.98 Å². The second kappa shape index (κ2) is 5.41. The van der Waals surface area contributed by atoms with Gasteiger partial charge in [-0.25, -0.2) is 0 Å². The van der Waals surface area contributed by atoms with Gasteiger partial charge in [0.25, 0.3) is 0 Å². The van der Waals surface area contributed by atoms with Crippen molar-refractivity contribution in [2.24, 2.45) is 0 Å². The maximum atomic E-state index is 5.17. The number of nitrogens with one attached hydrogen (secondary N) is 1. The highest BCUT2D eigenvalue weighted by Crippen LogP contribution is 2.06. The first kappa shape index (κ1) is 11.5. The van der Waals surface area contributed by atoms with E-state index >= 15 is 0 Å². The summed E-state index contributed by atoms with van der Waals surface area (Å²) in [5, 5.41) is 7.42. The molecule has 1 aliphatic heterocycles. The van der Waals surface area contributed by atoms with Crippen LogP contribution in [-0.4, -0.2) is 40.7 Å². The number of hydrogen-bond acceptors (Lipinski definition) is 5. The summed E-state index contributed by atoms with van der Waals surface area (Å²) in [6, 6.07) is 0.552. The van der Waals surface area contributed by atoms with Gasteiger partial charge in [0.1, 0.15) is 0 Å². The predicted octanol–water partition coefficient (Wildman–Crippen LogP) is 0.816. The molecule has 1 N–H and O–H groups in total. The van der Waals surface area contributed by atoms with Crippen molar-refractivity contribution in [3.8, 4) is 0 Å². The third-order valence-electron chi connectivity index (χ3n) is 2.79. The Balaban J connectivity index is 1.87. The SMILES string of the molecule is CCCc1nc(CN2CCN[C@H](C)C2)no1. The lowest BCUT2D eigenvalue weighted by molar-refractivity contribution is 0.193. The van der Waals surface area contributed by atoms with Gasteiger partial charge in [0.15, 0.2) is 5.82 Å². The van der Waals surface area contributed by atoms with Crippen LogP contribution in [0.2, 0.25) is 0 Å². The van der Waals surface area contributed by atoms with Crippen molar-refractivity contribution in [2.75, 3.05) is 19.6 Å². The molecule has 0 spiro atoms. The molecule has 1 aromatic heterocycles. The fourth-order valence-electron chi connectivity index (χ4n) is 2.03. The van der Waals surface area contributed by atoms with Crippen molar-refractivity contribution >= 4 is 0 Å². The molecule has 90 valence electrons. The molecule has 0 radical (unpaired) electrons. The van der Waals surface area contributed by atoms with Crippen molar-refractivity contribution in [2.45, 2.75) is 39.3 Å². The van der Waals surface area contributed by atoms with Gasteiger partial charge in [-0.1, -0.05) is 12.1 Å². The second-order valence-electron chi connectivity index (χ2n) is 4.44. The molecular formula is C11H20N4O. The molecular weight excluding hydrogens is 204 g/mol. The van der Waals surface area contributed by atoms with Gasteiger partial charge in [0.05, 0.1) is 6.54 Å². The summed E-state index contributed by atoms with van der Waals surface area (Å²) in [6.45, 7) is 8.27. The Morgan fingerprint density at radius 3 is 3.19 bits per heavy atom. The van der Waals surface area contributed by atoms with Crippen LogP contribution in [0.5, 0.6) is 0 Å². The summed E-state index contributed by atoms with van der Waals surface area (Å²) < 4.78 is 5.17. The summed E-state index contributed by atoms with van der Waals surface area (Å²) in [7, 11) is 0. The molecule has 16 heavy (non-hydrogen) atoms. The Morgan fingerprint density at radius 1 is 1.56 bits per heavy atom. The van der Waals surface area contributed by atoms with Crippen LogP contribution >= 0.6 is 0 Å². The molecule has 0 bridgehead atoms. The van der Waals surface area contributed by atoms with E-state index in [1.807, 2.05) is 0 Å². The van der Waals surface area contributed by atoms with E-state index in [1.54, 1.807) is 0 Å². The average molecular weight is 224 g/mol. The topological polar surface area (TPSA) is 54.2 Å². The molecule has 5 heteroatoms. The monoisotopic (exact) mass is 224 g/mol. The first-order chi connectivity index (χ1) is 7.78. The van der Waals surface area contributed by atoms with Crippen LogP contribution in [-0.2, 0) is 13.0 Å². The minimum atomic E-state index is 0.552. The molecule has 2 heterocycles. The Bertz CT molecular complexity index is 326. The van der Waals surface area contributed by atoms with Crippen molar-refractivity contribution < 1.29 is 4.52 Å². The number of aryl methyl sites for hydroxylation is 1. The average Bonchev–Trinajstić information content (AvgIpc) is 2.66. The standard InChI is InChI=1S/C11H20N4O/c1-3-4-11-13-10(14-16-11)8-15-6-5-12-9(2)7-15/h9,12H,3-8H2,1-2H3/t9-/m1/s1. The largest absolute Gasteiger partial charge is 0.339 e. The first-order valence-corrected chi connectivity index (χ1v) is 6.05. The third-order valence-corrected chi connectivity index (χ3v) is 2.79. The lowest BCUT2D eigenvalue weighted by Crippen LogP contribution is -2.48. The van der Waals surface area contributed by atoms with Crippen LogP contribution < -0.4 is 5.32 Å². The predicted molar refractivity (Wildman–Crippen MR) is 61.0 cm³/mol. The van der Waals surface area contributed by atoms with Crippen LogP contribution in [0.15, 0.2) is 4.52 Å². The zero-order valence-corrected chi connectivity index (χ0v) is 10.1. The van der Waals surface area contributed by atoms with Gasteiger partial charge >= 0.3 is 0 Å². The van der Waals surface area contributed by atoms with E-state index in [9.17, 15) is 0 Å². The molecule has 1 atom stereocenters. The number of aromatic nitrogens is 2. The number of nitrogens with zero attached hydrogens (tertiary/aromatic N) is 3. The lowest BCUT2D eigenvalue weighted by atomic mass is 10.2. The smallest absolute Gasteiger partial charge is 0.226 e. The van der Waals surface area contributed by atoms with Crippen LogP contribution in [0, 0.1) is 0 Å². The highest BCUT2D eigenvalue weighted by molar-refractivity contribution is 4.88. The maximum Gasteiger partial charge on any atom is 0.226 e. The molecule has 1 aromatic rings. The summed E-state index contributed by atoms with van der Waals surface area (Å²) in [5.74, 6) is 1.58. The molecule has 5 nitrogen and oxygen atoms in total. The lowest BCUT2D eigenvalue weighted by Gasteiger charge is -2.30. The minimum Gasteiger partial charge on any atom is -0.339 e. The zero-order valence-electron chi connectivity index (χ0n) is 10.1. The van der Waals surface area contributed by atoms with Crippen LogP contribution in [0.4, 0.5) is 0 Å². The molecule has 1 fully saturated rings. The van der Waals surface area contributed by atoms with Crippen molar-refractivity contribution in [1.29, 1.82) is 0 Å². The van der Waals surface area contributed by atoms with E-state index in [0.717, 1.165) is 50.7 Å². The molecule has 0 saturated carbocycles. The summed E-state index contributed by atoms with van der Waals surface area (Å²) in [4.78, 5) is 6.74. The Kier molecular flexibility index (Phi) is 3.90. The highest BCUT2D eigenvalue weighted by Gasteiger charge is 2.17. The third kappa shape index (κ3) is 3.02. The molecule has 0 amide bonds. The summed E-state index contributed by atoms with van der Waals surface area (Å²) >= 11 is 0. The van der Waals surface area contributed by atoms with Crippen LogP contribution in [0.3, 0.4) is 0 Å². The molecule has 0 aromatic carbocycles. The summed E-state index contributed by atoms with van der Waals surface area (Å²) in [5.41, 5.74) is 0. The molecule has 0 unspecified atom stereocenters. The van der Waals surface area contributed by atoms with Gasteiger partial charge < -0.3 is 9.84 Å². The van der Waals surface area contributed by atoms with Gasteiger partial charge in [-0.15, -0.1) is 0 Å². The maximum absolute atomic E-state index is 5.17. The Hall–Kier alpha value is -0.940. The van der Waals surface area contributed by atoms with E-state index in [2.05, 4.69) is 34.2 Å². The van der Waals surface area contributed by atoms with Gasteiger partial charge in [-0.05, 0) is 13.3 Å². The van der Waals surface area contributed by atoms with Crippen molar-refractivity contribution in [3.63, 3.8) is 0 Å². The number of hydrogen-bond donors (Lipinski definition) is 1. The van der Waals surface area contributed by atoms with E-state index < -0.39 is 0 Å². The fourth-order valence-corrected chi connectivity index (χ4v) is 2.03. The summed E-state index contributed by atoms with van der Waals surface area (Å²) in [6.07, 6.45) is 1.93. The van der Waals surface area contributed by atoms with Crippen molar-refractivity contribution in [3.05, 3.63) is 11.7 Å². The van der Waals surface area contributed by atoms with E-state index in [1.165, 1.54) is 0 Å².